The topological polar surface area (TPSA) is 116 Å². The molecule has 0 aliphatic carbocycles. The van der Waals surface area contributed by atoms with Crippen molar-refractivity contribution in [3.8, 4) is 0 Å². The van der Waals surface area contributed by atoms with Crippen LogP contribution in [-0.2, 0) is 9.53 Å². The molecule has 3 rings (SSSR count). The van der Waals surface area contributed by atoms with Crippen LogP contribution >= 0.6 is 0 Å². The van der Waals surface area contributed by atoms with Crippen LogP contribution in [0.1, 0.15) is 28.8 Å². The smallest absolute Gasteiger partial charge is 0.347 e. The van der Waals surface area contributed by atoms with Crippen LogP contribution in [0, 0.1) is 17.0 Å². The van der Waals surface area contributed by atoms with E-state index in [4.69, 9.17) is 4.74 Å². The first kappa shape index (κ1) is 19.3. The standard InChI is InChI=1S/C19H20N4O5/c1-13-6-7-14(23(26)27)11-16(13)21-17(24)12-28-19(25)15-5-4-8-20-18(15)22-9-2-3-10-22/h4-8,11H,2-3,9-10,12H2,1H3,(H,21,24)/p+1. The Hall–Kier alpha value is -3.49. The molecule has 0 atom stereocenters. The minimum Gasteiger partial charge on any atom is -0.452 e. The third kappa shape index (κ3) is 4.43. The zero-order valence-electron chi connectivity index (χ0n) is 15.4. The first-order valence-electron chi connectivity index (χ1n) is 8.93. The number of hydrogen-bond donors (Lipinski definition) is 1. The van der Waals surface area contributed by atoms with Gasteiger partial charge in [-0.15, -0.1) is 0 Å². The number of aromatic amines is 1. The van der Waals surface area contributed by atoms with Gasteiger partial charge in [-0.1, -0.05) is 6.07 Å². The average molecular weight is 385 g/mol. The number of benzene rings is 1. The van der Waals surface area contributed by atoms with E-state index in [0.717, 1.165) is 25.9 Å². The minimum absolute atomic E-state index is 0.132. The van der Waals surface area contributed by atoms with E-state index >= 15 is 0 Å². The van der Waals surface area contributed by atoms with Crippen LogP contribution in [0.25, 0.3) is 0 Å². The molecule has 0 spiro atoms. The molecule has 1 saturated heterocycles. The fourth-order valence-electron chi connectivity index (χ4n) is 3.05. The lowest BCUT2D eigenvalue weighted by Gasteiger charge is -2.12. The van der Waals surface area contributed by atoms with Crippen LogP contribution in [0.15, 0.2) is 36.5 Å². The molecule has 0 unspecified atom stereocenters. The average Bonchev–Trinajstić information content (AvgIpc) is 3.22. The van der Waals surface area contributed by atoms with Crippen molar-refractivity contribution in [2.24, 2.45) is 0 Å². The lowest BCUT2D eigenvalue weighted by Crippen LogP contribution is -2.29. The Labute approximate surface area is 161 Å². The predicted molar refractivity (Wildman–Crippen MR) is 101 cm³/mol. The quantitative estimate of drug-likeness (QED) is 0.462. The number of non-ortho nitro benzene ring substituents is 1. The SMILES string of the molecule is Cc1ccc([N+](=O)[O-])cc1NC(=O)COC(=O)c1ccc[nH+]c1N1CCCC1. The van der Waals surface area contributed by atoms with Gasteiger partial charge < -0.3 is 10.1 Å². The van der Waals surface area contributed by atoms with E-state index < -0.39 is 23.4 Å². The normalized spacial score (nSPS) is 13.2. The van der Waals surface area contributed by atoms with Crippen molar-refractivity contribution >= 4 is 29.1 Å². The number of hydrogen-bond acceptors (Lipinski definition) is 6. The fraction of sp³-hybridized carbons (Fsp3) is 0.316. The second-order valence-electron chi connectivity index (χ2n) is 6.51. The van der Waals surface area contributed by atoms with Gasteiger partial charge in [-0.25, -0.2) is 9.78 Å². The number of ether oxygens (including phenoxy) is 1. The van der Waals surface area contributed by atoms with Crippen LogP contribution in [0.3, 0.4) is 0 Å². The Morgan fingerprint density at radius 3 is 2.75 bits per heavy atom. The van der Waals surface area contributed by atoms with Gasteiger partial charge in [0.1, 0.15) is 5.56 Å². The molecule has 1 aromatic carbocycles. The summed E-state index contributed by atoms with van der Waals surface area (Å²) < 4.78 is 5.15. The molecule has 0 saturated carbocycles. The van der Waals surface area contributed by atoms with Gasteiger partial charge in [0.05, 0.1) is 29.9 Å². The number of nitro benzene ring substituents is 1. The summed E-state index contributed by atoms with van der Waals surface area (Å²) in [5.41, 5.74) is 1.21. The van der Waals surface area contributed by atoms with Crippen LogP contribution < -0.4 is 15.2 Å². The molecule has 1 amide bonds. The molecule has 9 nitrogen and oxygen atoms in total. The zero-order chi connectivity index (χ0) is 20.1. The van der Waals surface area contributed by atoms with Crippen molar-refractivity contribution in [1.29, 1.82) is 0 Å². The van der Waals surface area contributed by atoms with E-state index in [1.165, 1.54) is 12.1 Å². The van der Waals surface area contributed by atoms with Gasteiger partial charge in [0.15, 0.2) is 6.61 Å². The number of aryl methyl sites for hydroxylation is 1. The van der Waals surface area contributed by atoms with Crippen molar-refractivity contribution < 1.29 is 24.2 Å². The van der Waals surface area contributed by atoms with Gasteiger partial charge in [0.2, 0.25) is 0 Å². The number of H-pyrrole nitrogens is 1. The number of anilines is 2. The third-order valence-corrected chi connectivity index (χ3v) is 4.52. The van der Waals surface area contributed by atoms with E-state index in [2.05, 4.69) is 15.2 Å². The Morgan fingerprint density at radius 2 is 2.04 bits per heavy atom. The molecular formula is C19H21N4O5+. The van der Waals surface area contributed by atoms with Gasteiger partial charge in [0.25, 0.3) is 17.4 Å². The number of carbonyl (C=O) groups excluding carboxylic acids is 2. The maximum absolute atomic E-state index is 12.5. The Balaban J connectivity index is 1.63. The largest absolute Gasteiger partial charge is 0.452 e. The minimum atomic E-state index is -0.607. The summed E-state index contributed by atoms with van der Waals surface area (Å²) in [5.74, 6) is -0.496. The van der Waals surface area contributed by atoms with Crippen LogP contribution in [0.5, 0.6) is 0 Å². The second-order valence-corrected chi connectivity index (χ2v) is 6.51. The third-order valence-electron chi connectivity index (χ3n) is 4.52. The molecular weight excluding hydrogens is 364 g/mol. The summed E-state index contributed by atoms with van der Waals surface area (Å²) in [7, 11) is 0. The van der Waals surface area contributed by atoms with Crippen LogP contribution in [0.2, 0.25) is 0 Å². The Morgan fingerprint density at radius 1 is 1.29 bits per heavy atom. The summed E-state index contributed by atoms with van der Waals surface area (Å²) in [5, 5.41) is 13.4. The first-order chi connectivity index (χ1) is 13.5. The lowest BCUT2D eigenvalue weighted by atomic mass is 10.2. The Kier molecular flexibility index (Phi) is 5.83. The van der Waals surface area contributed by atoms with Gasteiger partial charge in [-0.05, 0) is 37.5 Å². The summed E-state index contributed by atoms with van der Waals surface area (Å²) in [6, 6.07) is 7.52. The molecule has 1 fully saturated rings. The number of rotatable bonds is 6. The number of nitrogens with one attached hydrogen (secondary N) is 2. The number of amides is 1. The predicted octanol–water partition coefficient (Wildman–Crippen LogP) is 2.11. The number of carbonyl (C=O) groups is 2. The van der Waals surface area contributed by atoms with Crippen LogP contribution in [-0.4, -0.2) is 36.5 Å². The molecule has 1 aromatic heterocycles. The molecule has 0 bridgehead atoms. The van der Waals surface area contributed by atoms with E-state index in [1.807, 2.05) is 0 Å². The van der Waals surface area contributed by atoms with E-state index in [-0.39, 0.29) is 5.69 Å². The molecule has 28 heavy (non-hydrogen) atoms. The summed E-state index contributed by atoms with van der Waals surface area (Å²) in [6.07, 6.45) is 3.85. The van der Waals surface area contributed by atoms with Crippen molar-refractivity contribution in [2.75, 3.05) is 29.9 Å². The van der Waals surface area contributed by atoms with Crippen molar-refractivity contribution in [1.82, 2.24) is 0 Å². The molecule has 1 aliphatic rings. The highest BCUT2D eigenvalue weighted by molar-refractivity contribution is 5.98. The van der Waals surface area contributed by atoms with Gasteiger partial charge in [-0.2, -0.15) is 0 Å². The van der Waals surface area contributed by atoms with Gasteiger partial charge in [0, 0.05) is 12.1 Å². The van der Waals surface area contributed by atoms with E-state index in [1.54, 1.807) is 31.3 Å². The summed E-state index contributed by atoms with van der Waals surface area (Å²) >= 11 is 0. The molecule has 2 N–H and O–H groups in total. The molecule has 2 heterocycles. The van der Waals surface area contributed by atoms with E-state index in [0.29, 0.717) is 22.6 Å². The highest BCUT2D eigenvalue weighted by atomic mass is 16.6. The zero-order valence-corrected chi connectivity index (χ0v) is 15.4. The van der Waals surface area contributed by atoms with E-state index in [9.17, 15) is 19.7 Å². The van der Waals surface area contributed by atoms with Gasteiger partial charge >= 0.3 is 5.97 Å². The van der Waals surface area contributed by atoms with Crippen molar-refractivity contribution in [2.45, 2.75) is 19.8 Å². The highest BCUT2D eigenvalue weighted by Gasteiger charge is 2.27. The van der Waals surface area contributed by atoms with Crippen molar-refractivity contribution in [3.63, 3.8) is 0 Å². The highest BCUT2D eigenvalue weighted by Crippen LogP contribution is 2.22. The second kappa shape index (κ2) is 8.47. The molecule has 2 aromatic rings. The fourth-order valence-corrected chi connectivity index (χ4v) is 3.05. The van der Waals surface area contributed by atoms with Crippen LogP contribution in [0.4, 0.5) is 17.2 Å². The first-order valence-corrected chi connectivity index (χ1v) is 8.93. The van der Waals surface area contributed by atoms with Gasteiger partial charge in [-0.3, -0.25) is 19.8 Å². The molecule has 146 valence electrons. The number of nitrogens with zero attached hydrogens (tertiary/aromatic N) is 2. The summed E-state index contributed by atoms with van der Waals surface area (Å²) in [6.45, 7) is 2.93. The number of aromatic nitrogens is 1. The summed E-state index contributed by atoms with van der Waals surface area (Å²) in [4.78, 5) is 40.1. The number of esters is 1. The number of pyridine rings is 1. The number of nitro groups is 1. The monoisotopic (exact) mass is 385 g/mol. The Bertz CT molecular complexity index is 909. The maximum Gasteiger partial charge on any atom is 0.347 e. The molecule has 0 radical (unpaired) electrons. The lowest BCUT2D eigenvalue weighted by molar-refractivity contribution is -0.384. The van der Waals surface area contributed by atoms with Crippen molar-refractivity contribution in [3.05, 3.63) is 57.8 Å². The maximum atomic E-state index is 12.5. The molecule has 1 aliphatic heterocycles. The molecule has 9 heteroatoms.